The van der Waals surface area contributed by atoms with Crippen LogP contribution in [0.2, 0.25) is 0 Å². The Bertz CT molecular complexity index is 438. The Morgan fingerprint density at radius 1 is 1.19 bits per heavy atom. The third-order valence-electron chi connectivity index (χ3n) is 5.61. The molecule has 2 fully saturated rings. The molecule has 0 aromatic heterocycles. The van der Waals surface area contributed by atoms with Crippen molar-refractivity contribution in [2.45, 2.75) is 57.5 Å². The van der Waals surface area contributed by atoms with E-state index in [0.29, 0.717) is 6.04 Å². The smallest absolute Gasteiger partial charge is 0.0535 e. The molecule has 1 aliphatic carbocycles. The van der Waals surface area contributed by atoms with E-state index in [9.17, 15) is 0 Å². The molecular weight excluding hydrogens is 256 g/mol. The highest BCUT2D eigenvalue weighted by Crippen LogP contribution is 2.31. The summed E-state index contributed by atoms with van der Waals surface area (Å²) in [5, 5.41) is 3.83. The summed E-state index contributed by atoms with van der Waals surface area (Å²) in [6, 6.07) is 11.7. The molecule has 1 aliphatic heterocycles. The molecule has 0 spiro atoms. The Morgan fingerprint density at radius 2 is 1.90 bits per heavy atom. The Balaban J connectivity index is 1.73. The lowest BCUT2D eigenvalue weighted by molar-refractivity contribution is 0.0688. The van der Waals surface area contributed by atoms with Crippen LogP contribution in [0.1, 0.15) is 51.5 Å². The van der Waals surface area contributed by atoms with Crippen LogP contribution in [0.5, 0.6) is 0 Å². The summed E-state index contributed by atoms with van der Waals surface area (Å²) in [5.74, 6) is 0.942. The number of nitrogens with zero attached hydrogens (tertiary/aromatic N) is 1. The molecule has 2 aliphatic rings. The average molecular weight is 286 g/mol. The lowest BCUT2D eigenvalue weighted by Gasteiger charge is -2.47. The minimum absolute atomic E-state index is 0.103. The lowest BCUT2D eigenvalue weighted by atomic mass is 9.87. The highest BCUT2D eigenvalue weighted by atomic mass is 15.3. The zero-order valence-electron chi connectivity index (χ0n) is 13.6. The van der Waals surface area contributed by atoms with Gasteiger partial charge in [0, 0.05) is 25.7 Å². The number of hydrogen-bond acceptors (Lipinski definition) is 2. The van der Waals surface area contributed by atoms with Gasteiger partial charge in [0.2, 0.25) is 0 Å². The second kappa shape index (κ2) is 6.50. The first kappa shape index (κ1) is 15.1. The molecule has 2 heteroatoms. The molecule has 2 unspecified atom stereocenters. The molecule has 21 heavy (non-hydrogen) atoms. The third-order valence-corrected chi connectivity index (χ3v) is 5.61. The Hall–Kier alpha value is -0.860. The van der Waals surface area contributed by atoms with Gasteiger partial charge in [-0.05, 0) is 37.7 Å². The van der Waals surface area contributed by atoms with Crippen LogP contribution in [0.3, 0.4) is 0 Å². The molecule has 0 amide bonds. The highest BCUT2D eigenvalue weighted by Gasteiger charge is 2.37. The Kier molecular flexibility index (Phi) is 4.66. The van der Waals surface area contributed by atoms with Crippen molar-refractivity contribution in [2.24, 2.45) is 5.92 Å². The molecule has 2 nitrogen and oxygen atoms in total. The molecule has 1 saturated carbocycles. The maximum atomic E-state index is 3.83. The van der Waals surface area contributed by atoms with Gasteiger partial charge in [-0.15, -0.1) is 0 Å². The van der Waals surface area contributed by atoms with E-state index in [-0.39, 0.29) is 5.54 Å². The van der Waals surface area contributed by atoms with Crippen molar-refractivity contribution >= 4 is 0 Å². The Labute approximate surface area is 129 Å². The van der Waals surface area contributed by atoms with Crippen LogP contribution in [0.15, 0.2) is 30.3 Å². The molecule has 0 bridgehead atoms. The summed E-state index contributed by atoms with van der Waals surface area (Å²) in [7, 11) is 0. The SMILES string of the molecule is CCC1CNC(C)(c2ccccc2)CN1CC1CCCC1. The van der Waals surface area contributed by atoms with Crippen molar-refractivity contribution in [1.82, 2.24) is 10.2 Å². The number of rotatable bonds is 4. The standard InChI is InChI=1S/C19H30N2/c1-3-18-13-20-19(2,17-11-5-4-6-12-17)15-21(18)14-16-9-7-8-10-16/h4-6,11-12,16,18,20H,3,7-10,13-15H2,1-2H3. The fourth-order valence-corrected chi connectivity index (χ4v) is 4.20. The molecule has 116 valence electrons. The topological polar surface area (TPSA) is 15.3 Å². The van der Waals surface area contributed by atoms with Gasteiger partial charge < -0.3 is 5.32 Å². The van der Waals surface area contributed by atoms with Crippen molar-refractivity contribution in [1.29, 1.82) is 0 Å². The summed E-state index contributed by atoms with van der Waals surface area (Å²) in [6.45, 7) is 8.28. The summed E-state index contributed by atoms with van der Waals surface area (Å²) >= 11 is 0. The minimum Gasteiger partial charge on any atom is -0.305 e. The van der Waals surface area contributed by atoms with E-state index >= 15 is 0 Å². The molecule has 1 heterocycles. The fraction of sp³-hybridized carbons (Fsp3) is 0.684. The monoisotopic (exact) mass is 286 g/mol. The normalized spacial score (nSPS) is 31.6. The van der Waals surface area contributed by atoms with E-state index in [1.54, 1.807) is 0 Å². The molecule has 2 atom stereocenters. The van der Waals surface area contributed by atoms with E-state index in [4.69, 9.17) is 0 Å². The quantitative estimate of drug-likeness (QED) is 0.906. The molecule has 1 saturated heterocycles. The van der Waals surface area contributed by atoms with E-state index < -0.39 is 0 Å². The van der Waals surface area contributed by atoms with Crippen LogP contribution < -0.4 is 5.32 Å². The van der Waals surface area contributed by atoms with Crippen molar-refractivity contribution in [2.75, 3.05) is 19.6 Å². The van der Waals surface area contributed by atoms with E-state index in [0.717, 1.165) is 19.0 Å². The van der Waals surface area contributed by atoms with Gasteiger partial charge in [0.1, 0.15) is 0 Å². The molecule has 1 aromatic carbocycles. The maximum Gasteiger partial charge on any atom is 0.0535 e. The van der Waals surface area contributed by atoms with Gasteiger partial charge in [0.25, 0.3) is 0 Å². The number of piperazine rings is 1. The van der Waals surface area contributed by atoms with Gasteiger partial charge in [-0.2, -0.15) is 0 Å². The first-order chi connectivity index (χ1) is 10.2. The second-order valence-electron chi connectivity index (χ2n) is 7.22. The van der Waals surface area contributed by atoms with Crippen molar-refractivity contribution in [3.8, 4) is 0 Å². The van der Waals surface area contributed by atoms with E-state index in [1.807, 2.05) is 0 Å². The van der Waals surface area contributed by atoms with Gasteiger partial charge in [0.15, 0.2) is 0 Å². The maximum absolute atomic E-state index is 3.83. The first-order valence-corrected chi connectivity index (χ1v) is 8.76. The van der Waals surface area contributed by atoms with Gasteiger partial charge >= 0.3 is 0 Å². The number of hydrogen-bond donors (Lipinski definition) is 1. The average Bonchev–Trinajstić information content (AvgIpc) is 3.01. The molecule has 0 radical (unpaired) electrons. The van der Waals surface area contributed by atoms with Crippen LogP contribution in [0.4, 0.5) is 0 Å². The minimum atomic E-state index is 0.103. The van der Waals surface area contributed by atoms with Crippen LogP contribution in [0, 0.1) is 5.92 Å². The van der Waals surface area contributed by atoms with E-state index in [1.165, 1.54) is 44.2 Å². The third kappa shape index (κ3) is 3.32. The first-order valence-electron chi connectivity index (χ1n) is 8.76. The van der Waals surface area contributed by atoms with Crippen LogP contribution in [0.25, 0.3) is 0 Å². The zero-order valence-corrected chi connectivity index (χ0v) is 13.6. The molecular formula is C19H30N2. The number of benzene rings is 1. The Morgan fingerprint density at radius 3 is 2.57 bits per heavy atom. The predicted octanol–water partition coefficient (Wildman–Crippen LogP) is 3.78. The number of nitrogens with one attached hydrogen (secondary N) is 1. The summed E-state index contributed by atoms with van der Waals surface area (Å²) in [4.78, 5) is 2.78. The van der Waals surface area contributed by atoms with Crippen LogP contribution in [-0.4, -0.2) is 30.6 Å². The largest absolute Gasteiger partial charge is 0.305 e. The fourth-order valence-electron chi connectivity index (χ4n) is 4.20. The lowest BCUT2D eigenvalue weighted by Crippen LogP contribution is -2.61. The second-order valence-corrected chi connectivity index (χ2v) is 7.22. The highest BCUT2D eigenvalue weighted by molar-refractivity contribution is 5.25. The van der Waals surface area contributed by atoms with Crippen molar-refractivity contribution in [3.05, 3.63) is 35.9 Å². The van der Waals surface area contributed by atoms with Gasteiger partial charge in [-0.1, -0.05) is 50.1 Å². The van der Waals surface area contributed by atoms with Gasteiger partial charge in [-0.25, -0.2) is 0 Å². The molecule has 1 aromatic rings. The van der Waals surface area contributed by atoms with E-state index in [2.05, 4.69) is 54.4 Å². The molecule has 3 rings (SSSR count). The van der Waals surface area contributed by atoms with Crippen molar-refractivity contribution < 1.29 is 0 Å². The summed E-state index contributed by atoms with van der Waals surface area (Å²) in [6.07, 6.45) is 7.04. The van der Waals surface area contributed by atoms with Gasteiger partial charge in [0.05, 0.1) is 5.54 Å². The van der Waals surface area contributed by atoms with Crippen molar-refractivity contribution in [3.63, 3.8) is 0 Å². The summed E-state index contributed by atoms with van der Waals surface area (Å²) in [5.41, 5.74) is 1.53. The predicted molar refractivity (Wildman–Crippen MR) is 89.4 cm³/mol. The molecule has 1 N–H and O–H groups in total. The van der Waals surface area contributed by atoms with Crippen LogP contribution in [-0.2, 0) is 5.54 Å². The zero-order chi connectivity index (χ0) is 14.7. The summed E-state index contributed by atoms with van der Waals surface area (Å²) < 4.78 is 0. The van der Waals surface area contributed by atoms with Crippen LogP contribution >= 0.6 is 0 Å². The van der Waals surface area contributed by atoms with Gasteiger partial charge in [-0.3, -0.25) is 4.90 Å².